The van der Waals surface area contributed by atoms with E-state index in [1.807, 2.05) is 0 Å². The van der Waals surface area contributed by atoms with Gasteiger partial charge in [-0.05, 0) is 27.7 Å². The van der Waals surface area contributed by atoms with E-state index >= 15 is 0 Å². The van der Waals surface area contributed by atoms with Crippen LogP contribution in [0.3, 0.4) is 0 Å². The third-order valence-electron chi connectivity index (χ3n) is 1.07. The molecule has 2 unspecified atom stereocenters. The van der Waals surface area contributed by atoms with E-state index in [0.29, 0.717) is 0 Å². The van der Waals surface area contributed by atoms with Crippen LogP contribution in [0.25, 0.3) is 0 Å². The van der Waals surface area contributed by atoms with Gasteiger partial charge in [0, 0.05) is 0 Å². The Hall–Kier alpha value is -0.160. The molecule has 0 saturated carbocycles. The van der Waals surface area contributed by atoms with Gasteiger partial charge in [-0.15, -0.1) is 0 Å². The lowest BCUT2D eigenvalue weighted by atomic mass is 10.4. The molecule has 0 aliphatic heterocycles. The van der Waals surface area contributed by atoms with E-state index in [0.717, 1.165) is 0 Å². The molecule has 0 amide bonds. The highest BCUT2D eigenvalue weighted by Crippen LogP contribution is 2.04. The highest BCUT2D eigenvalue weighted by atomic mass is 16.7. The molecule has 2 N–H and O–H groups in total. The van der Waals surface area contributed by atoms with E-state index in [4.69, 9.17) is 19.7 Å². The first-order valence-corrected chi connectivity index (χ1v) is 4.10. The van der Waals surface area contributed by atoms with Crippen molar-refractivity contribution in [3.05, 3.63) is 0 Å². The van der Waals surface area contributed by atoms with Gasteiger partial charge in [0.1, 0.15) is 0 Å². The van der Waals surface area contributed by atoms with Crippen molar-refractivity contribution in [3.8, 4) is 0 Å². The molecule has 0 aromatic rings. The van der Waals surface area contributed by atoms with Crippen LogP contribution >= 0.6 is 0 Å². The zero-order valence-electron chi connectivity index (χ0n) is 8.02. The van der Waals surface area contributed by atoms with Crippen molar-refractivity contribution in [2.45, 2.75) is 52.5 Å². The second-order valence-corrected chi connectivity index (χ2v) is 3.15. The molecule has 0 aromatic carbocycles. The van der Waals surface area contributed by atoms with Gasteiger partial charge in [-0.2, -0.15) is 0 Å². The summed E-state index contributed by atoms with van der Waals surface area (Å²) in [4.78, 5) is 0. The van der Waals surface area contributed by atoms with Crippen molar-refractivity contribution in [3.63, 3.8) is 0 Å². The van der Waals surface area contributed by atoms with Gasteiger partial charge in [-0.25, -0.2) is 0 Å². The lowest BCUT2D eigenvalue weighted by Crippen LogP contribution is -2.34. The van der Waals surface area contributed by atoms with Crippen LogP contribution in [-0.4, -0.2) is 35.0 Å². The highest BCUT2D eigenvalue weighted by molar-refractivity contribution is 4.49. The molecule has 0 fully saturated rings. The van der Waals surface area contributed by atoms with E-state index in [-0.39, 0.29) is 12.2 Å². The summed E-state index contributed by atoms with van der Waals surface area (Å²) in [5.41, 5.74) is 0. The Kier molecular flexibility index (Phi) is 5.41. The van der Waals surface area contributed by atoms with Crippen molar-refractivity contribution in [2.24, 2.45) is 0 Å². The molecular weight excluding hydrogens is 160 g/mol. The molecule has 4 nitrogen and oxygen atoms in total. The normalized spacial score (nSPS) is 17.0. The van der Waals surface area contributed by atoms with Crippen LogP contribution in [0, 0.1) is 0 Å². The van der Waals surface area contributed by atoms with Gasteiger partial charge in [0.05, 0.1) is 12.2 Å². The van der Waals surface area contributed by atoms with Crippen molar-refractivity contribution >= 4 is 0 Å². The first-order valence-electron chi connectivity index (χ1n) is 4.10. The standard InChI is InChI=1S/C8H18O4/c1-5(2)11-7(9)8(10)12-6(3)4/h5-10H,1-4H3. The molecule has 4 heteroatoms. The summed E-state index contributed by atoms with van der Waals surface area (Å²) in [6, 6.07) is 0. The summed E-state index contributed by atoms with van der Waals surface area (Å²) < 4.78 is 9.79. The Morgan fingerprint density at radius 2 is 1.00 bits per heavy atom. The van der Waals surface area contributed by atoms with Gasteiger partial charge >= 0.3 is 0 Å². The second kappa shape index (κ2) is 5.48. The summed E-state index contributed by atoms with van der Waals surface area (Å²) >= 11 is 0. The zero-order chi connectivity index (χ0) is 9.72. The zero-order valence-corrected chi connectivity index (χ0v) is 8.02. The van der Waals surface area contributed by atoms with Gasteiger partial charge in [0.25, 0.3) is 0 Å². The minimum Gasteiger partial charge on any atom is -0.364 e. The Labute approximate surface area is 73.1 Å². The van der Waals surface area contributed by atoms with E-state index in [9.17, 15) is 0 Å². The van der Waals surface area contributed by atoms with Gasteiger partial charge in [0.15, 0.2) is 0 Å². The quantitative estimate of drug-likeness (QED) is 0.601. The van der Waals surface area contributed by atoms with Crippen LogP contribution in [0.15, 0.2) is 0 Å². The number of aliphatic hydroxyl groups excluding tert-OH is 2. The Bertz CT molecular complexity index is 99.6. The minimum absolute atomic E-state index is 0.134. The fourth-order valence-corrected chi connectivity index (χ4v) is 0.692. The van der Waals surface area contributed by atoms with E-state index in [2.05, 4.69) is 0 Å². The molecule has 2 atom stereocenters. The van der Waals surface area contributed by atoms with Crippen molar-refractivity contribution in [1.29, 1.82) is 0 Å². The SMILES string of the molecule is CC(C)OC(O)C(O)OC(C)C. The molecule has 0 aliphatic rings. The lowest BCUT2D eigenvalue weighted by molar-refractivity contribution is -0.270. The molecule has 0 aromatic heterocycles. The number of hydrogen-bond donors (Lipinski definition) is 2. The summed E-state index contributed by atoms with van der Waals surface area (Å²) in [7, 11) is 0. The Morgan fingerprint density at radius 1 is 0.750 bits per heavy atom. The van der Waals surface area contributed by atoms with Crippen LogP contribution in [0.2, 0.25) is 0 Å². The molecule has 0 aliphatic carbocycles. The first-order chi connectivity index (χ1) is 5.43. The maximum absolute atomic E-state index is 9.14. The molecule has 0 spiro atoms. The fraction of sp³-hybridized carbons (Fsp3) is 1.00. The van der Waals surface area contributed by atoms with E-state index < -0.39 is 12.6 Å². The molecule has 0 bridgehead atoms. The summed E-state index contributed by atoms with van der Waals surface area (Å²) in [5, 5.41) is 18.3. The van der Waals surface area contributed by atoms with Crippen LogP contribution in [0.1, 0.15) is 27.7 Å². The van der Waals surface area contributed by atoms with Gasteiger partial charge in [0.2, 0.25) is 12.6 Å². The van der Waals surface area contributed by atoms with Gasteiger partial charge in [-0.3, -0.25) is 0 Å². The van der Waals surface area contributed by atoms with Crippen LogP contribution < -0.4 is 0 Å². The minimum atomic E-state index is -1.27. The summed E-state index contributed by atoms with van der Waals surface area (Å²) in [6.45, 7) is 7.08. The Balaban J connectivity index is 3.68. The first kappa shape index (κ1) is 11.8. The third kappa shape index (κ3) is 5.49. The number of hydrogen-bond acceptors (Lipinski definition) is 4. The largest absolute Gasteiger partial charge is 0.364 e. The highest BCUT2D eigenvalue weighted by Gasteiger charge is 2.19. The van der Waals surface area contributed by atoms with E-state index in [1.54, 1.807) is 27.7 Å². The molecule has 74 valence electrons. The van der Waals surface area contributed by atoms with Crippen molar-refractivity contribution in [2.75, 3.05) is 0 Å². The molecule has 0 saturated heterocycles. The van der Waals surface area contributed by atoms with Crippen molar-refractivity contribution in [1.82, 2.24) is 0 Å². The molecular formula is C8H18O4. The monoisotopic (exact) mass is 178 g/mol. The third-order valence-corrected chi connectivity index (χ3v) is 1.07. The predicted molar refractivity (Wildman–Crippen MR) is 44.5 cm³/mol. The maximum atomic E-state index is 9.14. The number of rotatable bonds is 5. The van der Waals surface area contributed by atoms with Gasteiger partial charge in [-0.1, -0.05) is 0 Å². The Morgan fingerprint density at radius 3 is 1.17 bits per heavy atom. The molecule has 0 rings (SSSR count). The molecule has 0 radical (unpaired) electrons. The smallest absolute Gasteiger partial charge is 0.206 e. The summed E-state index contributed by atoms with van der Waals surface area (Å²) in [6.07, 6.45) is -2.81. The second-order valence-electron chi connectivity index (χ2n) is 3.15. The van der Waals surface area contributed by atoms with Crippen LogP contribution in [0.4, 0.5) is 0 Å². The van der Waals surface area contributed by atoms with E-state index in [1.165, 1.54) is 0 Å². The summed E-state index contributed by atoms with van der Waals surface area (Å²) in [5.74, 6) is 0. The molecule has 12 heavy (non-hydrogen) atoms. The van der Waals surface area contributed by atoms with Gasteiger partial charge < -0.3 is 19.7 Å². The average molecular weight is 178 g/mol. The van der Waals surface area contributed by atoms with Crippen LogP contribution in [0.5, 0.6) is 0 Å². The predicted octanol–water partition coefficient (Wildman–Crippen LogP) is 0.473. The fourth-order valence-electron chi connectivity index (χ4n) is 0.692. The topological polar surface area (TPSA) is 58.9 Å². The average Bonchev–Trinajstić information content (AvgIpc) is 1.84. The lowest BCUT2D eigenvalue weighted by Gasteiger charge is -2.22. The number of aliphatic hydroxyl groups is 2. The van der Waals surface area contributed by atoms with Crippen molar-refractivity contribution < 1.29 is 19.7 Å². The number of ether oxygens (including phenoxy) is 2. The maximum Gasteiger partial charge on any atom is 0.206 e. The van der Waals surface area contributed by atoms with Crippen LogP contribution in [-0.2, 0) is 9.47 Å². The molecule has 0 heterocycles.